The van der Waals surface area contributed by atoms with Gasteiger partial charge in [-0.15, -0.1) is 0 Å². The molecule has 0 aliphatic carbocycles. The second kappa shape index (κ2) is 9.06. The van der Waals surface area contributed by atoms with Crippen molar-refractivity contribution in [2.45, 2.75) is 39.5 Å². The highest BCUT2D eigenvalue weighted by atomic mass is 16.5. The molecule has 2 rings (SSSR count). The molecule has 0 heterocycles. The molecular formula is C20H24O4. The minimum atomic E-state index is -0.475. The van der Waals surface area contributed by atoms with Crippen molar-refractivity contribution in [3.05, 3.63) is 47.5 Å². The lowest BCUT2D eigenvalue weighted by atomic mass is 10.0. The van der Waals surface area contributed by atoms with Crippen LogP contribution < -0.4 is 0 Å². The summed E-state index contributed by atoms with van der Waals surface area (Å²) in [5, 5.41) is 1.79. The summed E-state index contributed by atoms with van der Waals surface area (Å²) < 4.78 is 10.6. The zero-order valence-electron chi connectivity index (χ0n) is 14.3. The van der Waals surface area contributed by atoms with Crippen LogP contribution in [0.3, 0.4) is 0 Å². The summed E-state index contributed by atoms with van der Waals surface area (Å²) in [6.45, 7) is 4.76. The van der Waals surface area contributed by atoms with E-state index in [-0.39, 0.29) is 11.1 Å². The van der Waals surface area contributed by atoms with E-state index in [0.29, 0.717) is 13.2 Å². The van der Waals surface area contributed by atoms with Crippen molar-refractivity contribution < 1.29 is 19.1 Å². The Hall–Kier alpha value is -2.36. The predicted molar refractivity (Wildman–Crippen MR) is 94.3 cm³/mol. The summed E-state index contributed by atoms with van der Waals surface area (Å²) in [5.41, 5.74) is 0.539. The molecule has 2 aromatic carbocycles. The predicted octanol–water partition coefficient (Wildman–Crippen LogP) is 4.75. The van der Waals surface area contributed by atoms with Crippen molar-refractivity contribution in [3.8, 4) is 0 Å². The maximum Gasteiger partial charge on any atom is 0.339 e. The number of hydrogen-bond acceptors (Lipinski definition) is 4. The topological polar surface area (TPSA) is 52.6 Å². The number of esters is 2. The van der Waals surface area contributed by atoms with E-state index < -0.39 is 11.9 Å². The summed E-state index contributed by atoms with van der Waals surface area (Å²) in [6.07, 6.45) is 3.49. The fourth-order valence-corrected chi connectivity index (χ4v) is 2.35. The van der Waals surface area contributed by atoms with Crippen LogP contribution in [0, 0.1) is 0 Å². The van der Waals surface area contributed by atoms with E-state index in [1.165, 1.54) is 0 Å². The van der Waals surface area contributed by atoms with Crippen LogP contribution >= 0.6 is 0 Å². The first-order valence-electron chi connectivity index (χ1n) is 8.54. The summed E-state index contributed by atoms with van der Waals surface area (Å²) in [7, 11) is 0. The number of carbonyl (C=O) groups is 2. The zero-order valence-corrected chi connectivity index (χ0v) is 14.3. The lowest BCUT2D eigenvalue weighted by Crippen LogP contribution is -2.15. The Morgan fingerprint density at radius 1 is 0.792 bits per heavy atom. The molecule has 0 atom stereocenters. The first-order valence-corrected chi connectivity index (χ1v) is 8.54. The second-order valence-electron chi connectivity index (χ2n) is 5.72. The molecule has 0 saturated carbocycles. The van der Waals surface area contributed by atoms with Gasteiger partial charge >= 0.3 is 11.9 Å². The molecule has 0 aliphatic heterocycles. The fraction of sp³-hybridized carbons (Fsp3) is 0.400. The van der Waals surface area contributed by atoms with E-state index in [4.69, 9.17) is 9.47 Å². The molecule has 4 nitrogen and oxygen atoms in total. The molecule has 0 amide bonds. The van der Waals surface area contributed by atoms with Crippen LogP contribution in [0.1, 0.15) is 60.2 Å². The summed E-state index contributed by atoms with van der Waals surface area (Å²) in [4.78, 5) is 24.8. The molecule has 0 aliphatic rings. The first kappa shape index (κ1) is 18.0. The molecule has 128 valence electrons. The van der Waals surface area contributed by atoms with Crippen LogP contribution in [0.2, 0.25) is 0 Å². The summed E-state index contributed by atoms with van der Waals surface area (Å²) in [5.74, 6) is -0.951. The zero-order chi connectivity index (χ0) is 17.4. The van der Waals surface area contributed by atoms with Gasteiger partial charge in [0.05, 0.1) is 24.3 Å². The van der Waals surface area contributed by atoms with Gasteiger partial charge in [-0.25, -0.2) is 9.59 Å². The number of carbonyl (C=O) groups excluding carboxylic acids is 2. The lowest BCUT2D eigenvalue weighted by molar-refractivity contribution is 0.0452. The van der Waals surface area contributed by atoms with Crippen molar-refractivity contribution >= 4 is 22.7 Å². The van der Waals surface area contributed by atoms with Gasteiger partial charge in [-0.1, -0.05) is 51.0 Å². The number of unbranched alkanes of at least 4 members (excludes halogenated alkanes) is 2. The van der Waals surface area contributed by atoms with Crippen LogP contribution in [-0.4, -0.2) is 25.2 Å². The van der Waals surface area contributed by atoms with E-state index in [9.17, 15) is 9.59 Å². The normalized spacial score (nSPS) is 10.6. The number of ether oxygens (including phenoxy) is 2. The minimum absolute atomic E-state index is 0.270. The second-order valence-corrected chi connectivity index (χ2v) is 5.72. The molecule has 0 spiro atoms. The van der Waals surface area contributed by atoms with Crippen molar-refractivity contribution in [3.63, 3.8) is 0 Å². The van der Waals surface area contributed by atoms with E-state index in [2.05, 4.69) is 0 Å². The van der Waals surface area contributed by atoms with Gasteiger partial charge in [0.15, 0.2) is 0 Å². The van der Waals surface area contributed by atoms with Crippen LogP contribution in [0.15, 0.2) is 36.4 Å². The Bertz CT molecular complexity index is 645. The molecule has 0 fully saturated rings. The standard InChI is InChI=1S/C20H24O4/c1-3-5-11-23-19(21)17-13-15-9-7-8-10-16(15)14-18(17)20(22)24-12-6-4-2/h7-10,13-14H,3-6,11-12H2,1-2H3. The van der Waals surface area contributed by atoms with Gasteiger partial charge in [0.2, 0.25) is 0 Å². The van der Waals surface area contributed by atoms with Crippen molar-refractivity contribution in [2.75, 3.05) is 13.2 Å². The van der Waals surface area contributed by atoms with Crippen molar-refractivity contribution in [1.82, 2.24) is 0 Å². The Balaban J connectivity index is 2.32. The van der Waals surface area contributed by atoms with Crippen LogP contribution in [0.4, 0.5) is 0 Å². The first-order chi connectivity index (χ1) is 11.7. The molecular weight excluding hydrogens is 304 g/mol. The molecule has 0 N–H and O–H groups in total. The summed E-state index contributed by atoms with van der Waals surface area (Å²) in [6, 6.07) is 11.0. The quantitative estimate of drug-likeness (QED) is 0.518. The molecule has 0 bridgehead atoms. The third kappa shape index (κ3) is 4.57. The molecule has 0 saturated heterocycles. The minimum Gasteiger partial charge on any atom is -0.462 e. The Morgan fingerprint density at radius 2 is 1.21 bits per heavy atom. The number of hydrogen-bond donors (Lipinski definition) is 0. The number of fused-ring (bicyclic) bond motifs is 1. The third-order valence-electron chi connectivity index (χ3n) is 3.79. The Labute approximate surface area is 142 Å². The number of benzene rings is 2. The molecule has 0 aromatic heterocycles. The fourth-order valence-electron chi connectivity index (χ4n) is 2.35. The van der Waals surface area contributed by atoms with E-state index >= 15 is 0 Å². The van der Waals surface area contributed by atoms with Gasteiger partial charge in [0, 0.05) is 0 Å². The number of rotatable bonds is 8. The average molecular weight is 328 g/mol. The molecule has 4 heteroatoms. The average Bonchev–Trinajstić information content (AvgIpc) is 2.60. The van der Waals surface area contributed by atoms with E-state index in [0.717, 1.165) is 36.5 Å². The van der Waals surface area contributed by atoms with Gasteiger partial charge < -0.3 is 9.47 Å². The molecule has 2 aromatic rings. The van der Waals surface area contributed by atoms with Crippen molar-refractivity contribution in [2.24, 2.45) is 0 Å². The van der Waals surface area contributed by atoms with Crippen molar-refractivity contribution in [1.29, 1.82) is 0 Å². The van der Waals surface area contributed by atoms with E-state index in [1.54, 1.807) is 12.1 Å². The van der Waals surface area contributed by atoms with E-state index in [1.807, 2.05) is 38.1 Å². The SMILES string of the molecule is CCCCOC(=O)c1cc2ccccc2cc1C(=O)OCCCC. The van der Waals surface area contributed by atoms with Crippen LogP contribution in [0.5, 0.6) is 0 Å². The van der Waals surface area contributed by atoms with Gasteiger partial charge in [-0.3, -0.25) is 0 Å². The molecule has 0 radical (unpaired) electrons. The summed E-state index contributed by atoms with van der Waals surface area (Å²) >= 11 is 0. The largest absolute Gasteiger partial charge is 0.462 e. The van der Waals surface area contributed by atoms with Crippen LogP contribution in [-0.2, 0) is 9.47 Å². The smallest absolute Gasteiger partial charge is 0.339 e. The Kier molecular flexibility index (Phi) is 6.79. The monoisotopic (exact) mass is 328 g/mol. The molecule has 24 heavy (non-hydrogen) atoms. The van der Waals surface area contributed by atoms with Gasteiger partial charge in [0.25, 0.3) is 0 Å². The maximum absolute atomic E-state index is 12.4. The Morgan fingerprint density at radius 3 is 1.58 bits per heavy atom. The third-order valence-corrected chi connectivity index (χ3v) is 3.79. The van der Waals surface area contributed by atoms with Gasteiger partial charge in [-0.05, 0) is 35.7 Å². The highest BCUT2D eigenvalue weighted by Crippen LogP contribution is 2.22. The highest BCUT2D eigenvalue weighted by Gasteiger charge is 2.20. The highest BCUT2D eigenvalue weighted by molar-refractivity contribution is 6.07. The lowest BCUT2D eigenvalue weighted by Gasteiger charge is -2.11. The molecule has 0 unspecified atom stereocenters. The maximum atomic E-state index is 12.4. The van der Waals surface area contributed by atoms with Gasteiger partial charge in [-0.2, -0.15) is 0 Å². The van der Waals surface area contributed by atoms with Crippen LogP contribution in [0.25, 0.3) is 10.8 Å². The van der Waals surface area contributed by atoms with Gasteiger partial charge in [0.1, 0.15) is 0 Å².